The summed E-state index contributed by atoms with van der Waals surface area (Å²) in [6.45, 7) is 3.69. The van der Waals surface area contributed by atoms with Gasteiger partial charge >= 0.3 is 0 Å². The van der Waals surface area contributed by atoms with Crippen LogP contribution in [-0.4, -0.2) is 16.7 Å². The fraction of sp³-hybridized carbons (Fsp3) is 0.125. The highest BCUT2D eigenvalue weighted by atomic mass is 16.3. The Morgan fingerprint density at radius 1 is 1.10 bits per heavy atom. The molecule has 0 saturated carbocycles. The first-order valence-electron chi connectivity index (χ1n) is 6.27. The van der Waals surface area contributed by atoms with Crippen molar-refractivity contribution in [1.29, 1.82) is 0 Å². The summed E-state index contributed by atoms with van der Waals surface area (Å²) in [4.78, 5) is 11.9. The van der Waals surface area contributed by atoms with Gasteiger partial charge in [0.05, 0.1) is 5.71 Å². The molecule has 0 radical (unpaired) electrons. The minimum atomic E-state index is -0.278. The Morgan fingerprint density at radius 2 is 1.75 bits per heavy atom. The average Bonchev–Trinajstić information content (AvgIpc) is 2.45. The molecule has 0 fully saturated rings. The fourth-order valence-corrected chi connectivity index (χ4v) is 1.74. The molecule has 4 heteroatoms. The van der Waals surface area contributed by atoms with E-state index in [1.165, 1.54) is 0 Å². The number of phenols is 1. The molecule has 0 heterocycles. The number of carbonyl (C=O) groups excluding carboxylic acids is 1. The van der Waals surface area contributed by atoms with Crippen LogP contribution in [0.15, 0.2) is 53.6 Å². The highest BCUT2D eigenvalue weighted by molar-refractivity contribution is 6.02. The van der Waals surface area contributed by atoms with E-state index in [0.717, 1.165) is 5.56 Å². The van der Waals surface area contributed by atoms with Gasteiger partial charge in [0.15, 0.2) is 0 Å². The second-order valence-corrected chi connectivity index (χ2v) is 4.52. The van der Waals surface area contributed by atoms with Crippen LogP contribution in [0, 0.1) is 6.92 Å². The molecule has 102 valence electrons. The average molecular weight is 268 g/mol. The molecule has 0 aliphatic heterocycles. The number of carbonyl (C=O) groups is 1. The van der Waals surface area contributed by atoms with Crippen molar-refractivity contribution >= 4 is 11.6 Å². The molecule has 0 saturated heterocycles. The molecule has 4 nitrogen and oxygen atoms in total. The third-order valence-electron chi connectivity index (χ3n) is 2.93. The zero-order valence-electron chi connectivity index (χ0n) is 11.4. The Kier molecular flexibility index (Phi) is 4.15. The van der Waals surface area contributed by atoms with Crippen molar-refractivity contribution in [3.05, 3.63) is 65.2 Å². The molecule has 1 amide bonds. The number of hydrazone groups is 1. The van der Waals surface area contributed by atoms with Gasteiger partial charge in [-0.1, -0.05) is 29.8 Å². The monoisotopic (exact) mass is 268 g/mol. The third-order valence-corrected chi connectivity index (χ3v) is 2.93. The van der Waals surface area contributed by atoms with E-state index in [-0.39, 0.29) is 11.7 Å². The number of nitrogens with zero attached hydrogens (tertiary/aromatic N) is 1. The molecule has 0 atom stereocenters. The van der Waals surface area contributed by atoms with Crippen LogP contribution < -0.4 is 5.43 Å². The van der Waals surface area contributed by atoms with E-state index in [1.807, 2.05) is 19.1 Å². The fourth-order valence-electron chi connectivity index (χ4n) is 1.74. The van der Waals surface area contributed by atoms with Crippen molar-refractivity contribution in [2.75, 3.05) is 0 Å². The molecule has 2 aromatic carbocycles. The second kappa shape index (κ2) is 6.02. The van der Waals surface area contributed by atoms with Gasteiger partial charge in [0.25, 0.3) is 5.91 Å². The van der Waals surface area contributed by atoms with Crippen LogP contribution in [0.25, 0.3) is 0 Å². The normalized spacial score (nSPS) is 11.2. The first kappa shape index (κ1) is 13.8. The maximum Gasteiger partial charge on any atom is 0.271 e. The summed E-state index contributed by atoms with van der Waals surface area (Å²) in [7, 11) is 0. The Balaban J connectivity index is 2.11. The number of aromatic hydroxyl groups is 1. The Morgan fingerprint density at radius 3 is 2.40 bits per heavy atom. The predicted octanol–water partition coefficient (Wildman–Crippen LogP) is 2.85. The number of amides is 1. The van der Waals surface area contributed by atoms with Gasteiger partial charge in [-0.05, 0) is 38.1 Å². The first-order chi connectivity index (χ1) is 9.58. The number of hydrogen-bond donors (Lipinski definition) is 2. The molecular weight excluding hydrogens is 252 g/mol. The molecule has 2 aromatic rings. The number of phenolic OH excluding ortho intramolecular Hbond substituents is 1. The van der Waals surface area contributed by atoms with Gasteiger partial charge in [0, 0.05) is 11.1 Å². The number of nitrogens with one attached hydrogen (secondary N) is 1. The minimum Gasteiger partial charge on any atom is -0.507 e. The summed E-state index contributed by atoms with van der Waals surface area (Å²) in [5, 5.41) is 13.7. The highest BCUT2D eigenvalue weighted by Crippen LogP contribution is 2.16. The van der Waals surface area contributed by atoms with E-state index in [1.54, 1.807) is 43.3 Å². The lowest BCUT2D eigenvalue weighted by atomic mass is 10.1. The van der Waals surface area contributed by atoms with Gasteiger partial charge in [-0.3, -0.25) is 4.79 Å². The molecule has 0 aliphatic carbocycles. The quantitative estimate of drug-likeness (QED) is 0.664. The van der Waals surface area contributed by atoms with Crippen molar-refractivity contribution in [2.24, 2.45) is 5.10 Å². The van der Waals surface area contributed by atoms with E-state index in [0.29, 0.717) is 16.8 Å². The smallest absolute Gasteiger partial charge is 0.271 e. The lowest BCUT2D eigenvalue weighted by Crippen LogP contribution is -2.19. The largest absolute Gasteiger partial charge is 0.507 e. The molecule has 20 heavy (non-hydrogen) atoms. The van der Waals surface area contributed by atoms with Gasteiger partial charge in [-0.2, -0.15) is 5.10 Å². The SMILES string of the molecule is C/C(=N/NC(=O)c1ccc(C)cc1)c1ccccc1O. The van der Waals surface area contributed by atoms with Gasteiger partial charge in [0.1, 0.15) is 5.75 Å². The van der Waals surface area contributed by atoms with Crippen LogP contribution in [0.1, 0.15) is 28.4 Å². The highest BCUT2D eigenvalue weighted by Gasteiger charge is 2.06. The standard InChI is InChI=1S/C16H16N2O2/c1-11-7-9-13(10-8-11)16(20)18-17-12(2)14-5-3-4-6-15(14)19/h3-10,19H,1-2H3,(H,18,20)/b17-12-. The van der Waals surface area contributed by atoms with Crippen molar-refractivity contribution in [2.45, 2.75) is 13.8 Å². The molecule has 0 aliphatic rings. The molecular formula is C16H16N2O2. The topological polar surface area (TPSA) is 61.7 Å². The van der Waals surface area contributed by atoms with Crippen LogP contribution in [0.5, 0.6) is 5.75 Å². The minimum absolute atomic E-state index is 0.137. The summed E-state index contributed by atoms with van der Waals surface area (Å²) in [5.74, 6) is -0.141. The van der Waals surface area contributed by atoms with Gasteiger partial charge in [0.2, 0.25) is 0 Å². The van der Waals surface area contributed by atoms with Gasteiger partial charge in [-0.15, -0.1) is 0 Å². The van der Waals surface area contributed by atoms with Crippen molar-refractivity contribution in [1.82, 2.24) is 5.43 Å². The number of para-hydroxylation sites is 1. The number of aryl methyl sites for hydroxylation is 1. The number of benzene rings is 2. The Labute approximate surface area is 117 Å². The Hall–Kier alpha value is -2.62. The third kappa shape index (κ3) is 3.23. The van der Waals surface area contributed by atoms with E-state index < -0.39 is 0 Å². The van der Waals surface area contributed by atoms with Crippen LogP contribution in [0.2, 0.25) is 0 Å². The van der Waals surface area contributed by atoms with Crippen LogP contribution in [0.3, 0.4) is 0 Å². The Bertz CT molecular complexity index is 646. The number of hydrogen-bond acceptors (Lipinski definition) is 3. The molecule has 2 N–H and O–H groups in total. The molecule has 2 rings (SSSR count). The molecule has 0 aromatic heterocycles. The van der Waals surface area contributed by atoms with Crippen molar-refractivity contribution in [3.8, 4) is 5.75 Å². The van der Waals surface area contributed by atoms with Crippen LogP contribution in [0.4, 0.5) is 0 Å². The second-order valence-electron chi connectivity index (χ2n) is 4.52. The summed E-state index contributed by atoms with van der Waals surface area (Å²) in [6.07, 6.45) is 0. The van der Waals surface area contributed by atoms with E-state index in [2.05, 4.69) is 10.5 Å². The zero-order chi connectivity index (χ0) is 14.5. The maximum atomic E-state index is 11.9. The summed E-state index contributed by atoms with van der Waals surface area (Å²) < 4.78 is 0. The van der Waals surface area contributed by atoms with Crippen LogP contribution >= 0.6 is 0 Å². The lowest BCUT2D eigenvalue weighted by molar-refractivity contribution is 0.0955. The summed E-state index contributed by atoms with van der Waals surface area (Å²) in [6, 6.07) is 14.1. The van der Waals surface area contributed by atoms with E-state index in [4.69, 9.17) is 0 Å². The lowest BCUT2D eigenvalue weighted by Gasteiger charge is -2.05. The molecule has 0 spiro atoms. The van der Waals surface area contributed by atoms with Crippen molar-refractivity contribution in [3.63, 3.8) is 0 Å². The molecule has 0 unspecified atom stereocenters. The summed E-state index contributed by atoms with van der Waals surface area (Å²) >= 11 is 0. The van der Waals surface area contributed by atoms with Gasteiger partial charge in [-0.25, -0.2) is 5.43 Å². The number of rotatable bonds is 3. The zero-order valence-corrected chi connectivity index (χ0v) is 11.4. The van der Waals surface area contributed by atoms with E-state index in [9.17, 15) is 9.90 Å². The van der Waals surface area contributed by atoms with Crippen LogP contribution in [-0.2, 0) is 0 Å². The van der Waals surface area contributed by atoms with Crippen molar-refractivity contribution < 1.29 is 9.90 Å². The first-order valence-corrected chi connectivity index (χ1v) is 6.27. The maximum absolute atomic E-state index is 11.9. The molecule has 0 bridgehead atoms. The predicted molar refractivity (Wildman–Crippen MR) is 79.0 cm³/mol. The van der Waals surface area contributed by atoms with Gasteiger partial charge < -0.3 is 5.11 Å². The van der Waals surface area contributed by atoms with E-state index >= 15 is 0 Å². The summed E-state index contributed by atoms with van der Waals surface area (Å²) in [5.41, 5.74) is 5.26.